The van der Waals surface area contributed by atoms with Gasteiger partial charge in [-0.3, -0.25) is 0 Å². The minimum Gasteiger partial charge on any atom is -0.342 e. The molecule has 0 unspecified atom stereocenters. The standard InChI is InChI=1S/C9H16N2O/c1-3-5-9-10-6-7-11(9)8-12-4-2/h6-7H,3-5,8H2,1-2H3/p+1. The Morgan fingerprint density at radius 3 is 3.00 bits per heavy atom. The molecule has 0 atom stereocenters. The Kier molecular flexibility index (Phi) is 3.80. The number of aromatic amines is 1. The van der Waals surface area contributed by atoms with Crippen LogP contribution < -0.4 is 4.57 Å². The predicted molar refractivity (Wildman–Crippen MR) is 46.6 cm³/mol. The van der Waals surface area contributed by atoms with Crippen LogP contribution in [0.5, 0.6) is 0 Å². The number of rotatable bonds is 5. The van der Waals surface area contributed by atoms with Crippen molar-refractivity contribution in [2.45, 2.75) is 33.4 Å². The molecule has 0 aromatic carbocycles. The van der Waals surface area contributed by atoms with E-state index in [0.717, 1.165) is 19.4 Å². The van der Waals surface area contributed by atoms with Crippen molar-refractivity contribution in [3.63, 3.8) is 0 Å². The second kappa shape index (κ2) is 4.93. The average molecular weight is 169 g/mol. The predicted octanol–water partition coefficient (Wildman–Crippen LogP) is 1.25. The lowest BCUT2D eigenvalue weighted by molar-refractivity contribution is -0.737. The van der Waals surface area contributed by atoms with Gasteiger partial charge in [-0.25, -0.2) is 9.55 Å². The summed E-state index contributed by atoms with van der Waals surface area (Å²) in [6.07, 6.45) is 6.21. The van der Waals surface area contributed by atoms with Crippen molar-refractivity contribution >= 4 is 0 Å². The first kappa shape index (κ1) is 9.26. The summed E-state index contributed by atoms with van der Waals surface area (Å²) in [7, 11) is 0. The van der Waals surface area contributed by atoms with E-state index in [-0.39, 0.29) is 0 Å². The third-order valence-electron chi connectivity index (χ3n) is 1.77. The lowest BCUT2D eigenvalue weighted by atomic mass is 10.3. The summed E-state index contributed by atoms with van der Waals surface area (Å²) in [5.41, 5.74) is 0. The van der Waals surface area contributed by atoms with Gasteiger partial charge in [0.25, 0.3) is 5.82 Å². The van der Waals surface area contributed by atoms with E-state index in [4.69, 9.17) is 4.74 Å². The second-order valence-corrected chi connectivity index (χ2v) is 2.75. The van der Waals surface area contributed by atoms with Crippen molar-refractivity contribution in [3.05, 3.63) is 18.2 Å². The van der Waals surface area contributed by atoms with Crippen molar-refractivity contribution in [1.29, 1.82) is 0 Å². The van der Waals surface area contributed by atoms with E-state index in [2.05, 4.69) is 16.5 Å². The lowest BCUT2D eigenvalue weighted by Crippen LogP contribution is -2.37. The van der Waals surface area contributed by atoms with Gasteiger partial charge in [-0.2, -0.15) is 0 Å². The lowest BCUT2D eigenvalue weighted by Gasteiger charge is -1.99. The molecule has 0 aliphatic carbocycles. The largest absolute Gasteiger partial charge is 0.342 e. The first-order valence-corrected chi connectivity index (χ1v) is 4.52. The van der Waals surface area contributed by atoms with Crippen molar-refractivity contribution in [3.8, 4) is 0 Å². The molecule has 1 rings (SSSR count). The third-order valence-corrected chi connectivity index (χ3v) is 1.77. The van der Waals surface area contributed by atoms with Crippen molar-refractivity contribution in [1.82, 2.24) is 4.98 Å². The summed E-state index contributed by atoms with van der Waals surface area (Å²) < 4.78 is 7.41. The number of hydrogen-bond donors (Lipinski definition) is 1. The van der Waals surface area contributed by atoms with Gasteiger partial charge in [0.15, 0.2) is 6.73 Å². The molecule has 0 saturated heterocycles. The fraction of sp³-hybridized carbons (Fsp3) is 0.667. The van der Waals surface area contributed by atoms with Crippen LogP contribution in [0.1, 0.15) is 26.1 Å². The molecule has 0 spiro atoms. The number of nitrogens with zero attached hydrogens (tertiary/aromatic N) is 1. The second-order valence-electron chi connectivity index (χ2n) is 2.75. The summed E-state index contributed by atoms with van der Waals surface area (Å²) in [6, 6.07) is 0. The number of aryl methyl sites for hydroxylation is 1. The van der Waals surface area contributed by atoms with Crippen LogP contribution in [0, 0.1) is 0 Å². The van der Waals surface area contributed by atoms with E-state index >= 15 is 0 Å². The number of nitrogens with one attached hydrogen (secondary N) is 1. The van der Waals surface area contributed by atoms with E-state index in [1.54, 1.807) is 0 Å². The molecule has 0 radical (unpaired) electrons. The topological polar surface area (TPSA) is 28.9 Å². The molecule has 0 bridgehead atoms. The molecule has 1 aromatic heterocycles. The van der Waals surface area contributed by atoms with Crippen molar-refractivity contribution in [2.75, 3.05) is 6.61 Å². The Balaban J connectivity index is 2.51. The van der Waals surface area contributed by atoms with E-state index in [1.165, 1.54) is 5.82 Å². The molecule has 0 aliphatic rings. The van der Waals surface area contributed by atoms with E-state index in [1.807, 2.05) is 19.3 Å². The summed E-state index contributed by atoms with van der Waals surface area (Å²) in [6.45, 7) is 5.61. The van der Waals surface area contributed by atoms with E-state index in [9.17, 15) is 0 Å². The smallest absolute Gasteiger partial charge is 0.256 e. The fourth-order valence-corrected chi connectivity index (χ4v) is 1.16. The molecule has 1 aromatic rings. The molecular weight excluding hydrogens is 152 g/mol. The number of ether oxygens (including phenoxy) is 1. The van der Waals surface area contributed by atoms with Gasteiger partial charge in [-0.05, 0) is 13.3 Å². The first-order valence-electron chi connectivity index (χ1n) is 4.52. The minimum atomic E-state index is 0.662. The van der Waals surface area contributed by atoms with Gasteiger partial charge in [-0.1, -0.05) is 6.92 Å². The highest BCUT2D eigenvalue weighted by Crippen LogP contribution is 1.92. The zero-order valence-electron chi connectivity index (χ0n) is 7.84. The number of aromatic nitrogens is 2. The Morgan fingerprint density at radius 2 is 2.33 bits per heavy atom. The van der Waals surface area contributed by atoms with Crippen LogP contribution in [0.3, 0.4) is 0 Å². The highest BCUT2D eigenvalue weighted by molar-refractivity contribution is 4.76. The quantitative estimate of drug-likeness (QED) is 0.660. The van der Waals surface area contributed by atoms with Crippen LogP contribution in [-0.4, -0.2) is 11.6 Å². The average Bonchev–Trinajstić information content (AvgIpc) is 2.50. The van der Waals surface area contributed by atoms with Crippen LogP contribution in [0.2, 0.25) is 0 Å². The van der Waals surface area contributed by atoms with Crippen LogP contribution in [-0.2, 0) is 17.9 Å². The van der Waals surface area contributed by atoms with Crippen LogP contribution in [0.25, 0.3) is 0 Å². The van der Waals surface area contributed by atoms with Gasteiger partial charge in [0.05, 0.1) is 0 Å². The Hall–Kier alpha value is -0.830. The monoisotopic (exact) mass is 169 g/mol. The maximum Gasteiger partial charge on any atom is 0.256 e. The summed E-state index contributed by atoms with van der Waals surface area (Å²) in [4.78, 5) is 3.20. The number of imidazole rings is 1. The zero-order chi connectivity index (χ0) is 8.81. The van der Waals surface area contributed by atoms with Gasteiger partial charge >= 0.3 is 0 Å². The normalized spacial score (nSPS) is 10.5. The van der Waals surface area contributed by atoms with Crippen LogP contribution >= 0.6 is 0 Å². The van der Waals surface area contributed by atoms with Crippen molar-refractivity contribution < 1.29 is 9.30 Å². The molecule has 3 heteroatoms. The molecule has 12 heavy (non-hydrogen) atoms. The molecule has 3 nitrogen and oxygen atoms in total. The minimum absolute atomic E-state index is 0.662. The summed E-state index contributed by atoms with van der Waals surface area (Å²) in [5, 5.41) is 0. The van der Waals surface area contributed by atoms with Crippen LogP contribution in [0.4, 0.5) is 0 Å². The molecule has 0 saturated carbocycles. The Bertz CT molecular complexity index is 220. The molecule has 0 aliphatic heterocycles. The van der Waals surface area contributed by atoms with Gasteiger partial charge < -0.3 is 4.74 Å². The third kappa shape index (κ3) is 2.34. The van der Waals surface area contributed by atoms with Gasteiger partial charge in [-0.15, -0.1) is 0 Å². The number of H-pyrrole nitrogens is 1. The molecule has 0 fully saturated rings. The maximum atomic E-state index is 5.31. The summed E-state index contributed by atoms with van der Waals surface area (Å²) in [5.74, 6) is 1.24. The highest BCUT2D eigenvalue weighted by Gasteiger charge is 2.07. The Morgan fingerprint density at radius 1 is 1.50 bits per heavy atom. The van der Waals surface area contributed by atoms with E-state index in [0.29, 0.717) is 6.73 Å². The van der Waals surface area contributed by atoms with Gasteiger partial charge in [0.1, 0.15) is 12.4 Å². The van der Waals surface area contributed by atoms with Crippen LogP contribution in [0.15, 0.2) is 12.4 Å². The first-order chi connectivity index (χ1) is 5.88. The molecule has 68 valence electrons. The highest BCUT2D eigenvalue weighted by atomic mass is 16.5. The maximum absolute atomic E-state index is 5.31. The SMILES string of the molecule is CCCc1[nH]cc[n+]1COCC. The van der Waals surface area contributed by atoms with Gasteiger partial charge in [0, 0.05) is 13.0 Å². The molecule has 1 N–H and O–H groups in total. The molecular formula is C9H17N2O+. The molecule has 0 amide bonds. The summed E-state index contributed by atoms with van der Waals surface area (Å²) >= 11 is 0. The number of hydrogen-bond acceptors (Lipinski definition) is 1. The zero-order valence-corrected chi connectivity index (χ0v) is 7.84. The fourth-order valence-electron chi connectivity index (χ4n) is 1.16. The van der Waals surface area contributed by atoms with E-state index < -0.39 is 0 Å². The molecule has 1 heterocycles. The van der Waals surface area contributed by atoms with Gasteiger partial charge in [0.2, 0.25) is 0 Å². The Labute approximate surface area is 73.4 Å². The van der Waals surface area contributed by atoms with Crippen molar-refractivity contribution in [2.24, 2.45) is 0 Å².